The highest BCUT2D eigenvalue weighted by Crippen LogP contribution is 2.24. The second-order valence-corrected chi connectivity index (χ2v) is 5.37. The van der Waals surface area contributed by atoms with Gasteiger partial charge in [-0.1, -0.05) is 40.2 Å². The van der Waals surface area contributed by atoms with Gasteiger partial charge in [-0.05, 0) is 29.8 Å². The Morgan fingerprint density at radius 1 is 1.00 bits per heavy atom. The molecule has 3 N–H and O–H groups in total. The van der Waals surface area contributed by atoms with Gasteiger partial charge < -0.3 is 11.1 Å². The van der Waals surface area contributed by atoms with Crippen LogP contribution in [0.25, 0.3) is 0 Å². The summed E-state index contributed by atoms with van der Waals surface area (Å²) in [5.41, 5.74) is 6.54. The molecule has 0 heterocycles. The lowest BCUT2D eigenvalue weighted by Crippen LogP contribution is -2.27. The molecule has 2 aromatic carbocycles. The van der Waals surface area contributed by atoms with Gasteiger partial charge in [-0.25, -0.2) is 8.78 Å². The normalized spacial score (nSPS) is 12.2. The van der Waals surface area contributed by atoms with E-state index in [2.05, 4.69) is 21.2 Å². The van der Waals surface area contributed by atoms with Crippen molar-refractivity contribution in [3.8, 4) is 0 Å². The van der Waals surface area contributed by atoms with Crippen molar-refractivity contribution in [3.05, 3.63) is 64.1 Å². The van der Waals surface area contributed by atoms with Gasteiger partial charge >= 0.3 is 0 Å². The second-order valence-electron chi connectivity index (χ2n) is 4.45. The summed E-state index contributed by atoms with van der Waals surface area (Å²) >= 11 is 3.32. The van der Waals surface area contributed by atoms with Crippen LogP contribution in [0.1, 0.15) is 23.6 Å². The van der Waals surface area contributed by atoms with Crippen LogP contribution in [0.5, 0.6) is 0 Å². The number of halogens is 3. The van der Waals surface area contributed by atoms with E-state index in [9.17, 15) is 13.6 Å². The largest absolute Gasteiger partial charge is 0.370 e. The molecule has 0 aliphatic carbocycles. The number of alkyl halides is 2. The molecular formula is C15H13BrF2N2O. The van der Waals surface area contributed by atoms with Gasteiger partial charge in [0.05, 0.1) is 0 Å². The molecule has 0 saturated heterocycles. The van der Waals surface area contributed by atoms with Gasteiger partial charge in [0.15, 0.2) is 0 Å². The topological polar surface area (TPSA) is 55.1 Å². The molecule has 21 heavy (non-hydrogen) atoms. The fraction of sp³-hybridized carbons (Fsp3) is 0.133. The summed E-state index contributed by atoms with van der Waals surface area (Å²) in [6.45, 7) is 0. The molecule has 0 spiro atoms. The smallest absolute Gasteiger partial charge is 0.263 e. The minimum atomic E-state index is -2.54. The summed E-state index contributed by atoms with van der Waals surface area (Å²) in [6.07, 6.45) is -2.54. The third-order valence-electron chi connectivity index (χ3n) is 2.96. The van der Waals surface area contributed by atoms with Gasteiger partial charge in [0.2, 0.25) is 5.91 Å². The summed E-state index contributed by atoms with van der Waals surface area (Å²) in [5, 5.41) is 2.99. The first-order valence-corrected chi connectivity index (χ1v) is 6.96. The molecular weight excluding hydrogens is 342 g/mol. The molecule has 1 amide bonds. The Morgan fingerprint density at radius 3 is 2.00 bits per heavy atom. The number of hydrogen-bond donors (Lipinski definition) is 2. The third-order valence-corrected chi connectivity index (χ3v) is 3.49. The highest BCUT2D eigenvalue weighted by molar-refractivity contribution is 9.10. The monoisotopic (exact) mass is 354 g/mol. The quantitative estimate of drug-likeness (QED) is 0.851. The zero-order valence-electron chi connectivity index (χ0n) is 10.9. The third kappa shape index (κ3) is 4.01. The molecule has 2 aromatic rings. The Morgan fingerprint density at radius 2 is 1.52 bits per heavy atom. The van der Waals surface area contributed by atoms with E-state index in [1.54, 1.807) is 12.1 Å². The number of nitrogens with one attached hydrogen (secondary N) is 1. The predicted octanol–water partition coefficient (Wildman–Crippen LogP) is 4.03. The minimum absolute atomic E-state index is 0.0920. The lowest BCUT2D eigenvalue weighted by Gasteiger charge is -2.17. The SMILES string of the molecule is NC(=O)C(Nc1ccc(Br)cc1)c1ccc(C(F)F)cc1. The molecule has 0 aliphatic heterocycles. The van der Waals surface area contributed by atoms with Crippen LogP contribution in [0.15, 0.2) is 53.0 Å². The summed E-state index contributed by atoms with van der Waals surface area (Å²) in [7, 11) is 0. The molecule has 1 atom stereocenters. The number of rotatable bonds is 5. The molecule has 0 aromatic heterocycles. The Hall–Kier alpha value is -1.95. The predicted molar refractivity (Wildman–Crippen MR) is 81.1 cm³/mol. The molecule has 0 saturated carbocycles. The van der Waals surface area contributed by atoms with E-state index in [0.717, 1.165) is 4.47 Å². The van der Waals surface area contributed by atoms with Gasteiger partial charge in [0.25, 0.3) is 6.43 Å². The van der Waals surface area contributed by atoms with Crippen LogP contribution in [0.4, 0.5) is 14.5 Å². The second kappa shape index (κ2) is 6.67. The lowest BCUT2D eigenvalue weighted by atomic mass is 10.0. The first-order chi connectivity index (χ1) is 9.97. The Labute approximate surface area is 129 Å². The van der Waals surface area contributed by atoms with Gasteiger partial charge in [-0.2, -0.15) is 0 Å². The highest BCUT2D eigenvalue weighted by atomic mass is 79.9. The van der Waals surface area contributed by atoms with Gasteiger partial charge in [0.1, 0.15) is 6.04 Å². The fourth-order valence-electron chi connectivity index (χ4n) is 1.87. The van der Waals surface area contributed by atoms with E-state index in [4.69, 9.17) is 5.73 Å². The number of anilines is 1. The van der Waals surface area contributed by atoms with E-state index >= 15 is 0 Å². The number of hydrogen-bond acceptors (Lipinski definition) is 2. The van der Waals surface area contributed by atoms with Crippen molar-refractivity contribution in [3.63, 3.8) is 0 Å². The van der Waals surface area contributed by atoms with Crippen molar-refractivity contribution < 1.29 is 13.6 Å². The van der Waals surface area contributed by atoms with Crippen molar-refractivity contribution in [1.29, 1.82) is 0 Å². The number of amides is 1. The maximum absolute atomic E-state index is 12.5. The number of benzene rings is 2. The van der Waals surface area contributed by atoms with E-state index in [0.29, 0.717) is 11.3 Å². The molecule has 0 radical (unpaired) electrons. The number of carbonyl (C=O) groups is 1. The van der Waals surface area contributed by atoms with Gasteiger partial charge in [-0.3, -0.25) is 4.79 Å². The first kappa shape index (κ1) is 15.4. The Bertz CT molecular complexity index is 615. The molecule has 1 unspecified atom stereocenters. The molecule has 0 bridgehead atoms. The maximum Gasteiger partial charge on any atom is 0.263 e. The highest BCUT2D eigenvalue weighted by Gasteiger charge is 2.18. The molecule has 0 fully saturated rings. The van der Waals surface area contributed by atoms with Gasteiger partial charge in [-0.15, -0.1) is 0 Å². The molecule has 6 heteroatoms. The minimum Gasteiger partial charge on any atom is -0.370 e. The van der Waals surface area contributed by atoms with E-state index in [-0.39, 0.29) is 5.56 Å². The van der Waals surface area contributed by atoms with Crippen molar-refractivity contribution in [2.24, 2.45) is 5.73 Å². The van der Waals surface area contributed by atoms with Crippen LogP contribution in [-0.4, -0.2) is 5.91 Å². The summed E-state index contributed by atoms with van der Waals surface area (Å²) < 4.78 is 26.0. The number of carbonyl (C=O) groups excluding carboxylic acids is 1. The first-order valence-electron chi connectivity index (χ1n) is 6.17. The molecule has 0 aliphatic rings. The number of nitrogens with two attached hydrogens (primary N) is 1. The molecule has 3 nitrogen and oxygen atoms in total. The van der Waals surface area contributed by atoms with E-state index < -0.39 is 18.4 Å². The van der Waals surface area contributed by atoms with Crippen molar-refractivity contribution in [2.45, 2.75) is 12.5 Å². The zero-order chi connectivity index (χ0) is 15.4. The van der Waals surface area contributed by atoms with Crippen molar-refractivity contribution in [1.82, 2.24) is 0 Å². The van der Waals surface area contributed by atoms with Crippen LogP contribution in [-0.2, 0) is 4.79 Å². The molecule has 2 rings (SSSR count). The zero-order valence-corrected chi connectivity index (χ0v) is 12.5. The average molecular weight is 355 g/mol. The fourth-order valence-corrected chi connectivity index (χ4v) is 2.13. The van der Waals surface area contributed by atoms with Crippen LogP contribution in [0.3, 0.4) is 0 Å². The number of primary amides is 1. The lowest BCUT2D eigenvalue weighted by molar-refractivity contribution is -0.118. The average Bonchev–Trinajstić information content (AvgIpc) is 2.46. The Kier molecular flexibility index (Phi) is 4.90. The van der Waals surface area contributed by atoms with Crippen LogP contribution in [0, 0.1) is 0 Å². The summed E-state index contributed by atoms with van der Waals surface area (Å²) in [4.78, 5) is 11.6. The maximum atomic E-state index is 12.5. The van der Waals surface area contributed by atoms with Gasteiger partial charge in [0, 0.05) is 15.7 Å². The summed E-state index contributed by atoms with van der Waals surface area (Å²) in [6, 6.07) is 12.0. The van der Waals surface area contributed by atoms with Crippen molar-refractivity contribution >= 4 is 27.5 Å². The van der Waals surface area contributed by atoms with Crippen LogP contribution in [0.2, 0.25) is 0 Å². The standard InChI is InChI=1S/C15H13BrF2N2O/c16-11-5-7-12(8-6-11)20-13(15(19)21)9-1-3-10(4-2-9)14(17)18/h1-8,13-14,20H,(H2,19,21). The van der Waals surface area contributed by atoms with E-state index in [1.807, 2.05) is 12.1 Å². The van der Waals surface area contributed by atoms with E-state index in [1.165, 1.54) is 24.3 Å². The van der Waals surface area contributed by atoms with Crippen LogP contribution >= 0.6 is 15.9 Å². The Balaban J connectivity index is 2.22. The van der Waals surface area contributed by atoms with Crippen LogP contribution < -0.4 is 11.1 Å². The molecule has 110 valence electrons. The van der Waals surface area contributed by atoms with Crippen molar-refractivity contribution in [2.75, 3.05) is 5.32 Å². The summed E-state index contributed by atoms with van der Waals surface area (Å²) in [5.74, 6) is -0.581.